The maximum Gasteiger partial charge on any atom is 0.0277 e. The predicted molar refractivity (Wildman–Crippen MR) is 59.7 cm³/mol. The van der Waals surface area contributed by atoms with Crippen LogP contribution in [-0.4, -0.2) is 17.0 Å². The summed E-state index contributed by atoms with van der Waals surface area (Å²) >= 11 is 2.05. The molecule has 0 spiro atoms. The Morgan fingerprint density at radius 1 is 1.25 bits per heavy atom. The Bertz CT molecular complexity index is 100. The van der Waals surface area contributed by atoms with Gasteiger partial charge in [0.2, 0.25) is 0 Å². The molecule has 0 aliphatic rings. The number of rotatable bonds is 6. The van der Waals surface area contributed by atoms with Gasteiger partial charge in [-0.05, 0) is 24.5 Å². The molecule has 0 aliphatic carbocycles. The molecule has 2 heteroatoms. The predicted octanol–water partition coefficient (Wildman–Crippen LogP) is 2.89. The van der Waals surface area contributed by atoms with Crippen molar-refractivity contribution in [3.8, 4) is 0 Å². The number of hydrogen-bond acceptors (Lipinski definition) is 2. The van der Waals surface area contributed by atoms with Crippen molar-refractivity contribution in [1.82, 2.24) is 0 Å². The monoisotopic (exact) mass is 189 g/mol. The molecule has 0 bridgehead atoms. The molecule has 12 heavy (non-hydrogen) atoms. The van der Waals surface area contributed by atoms with Crippen LogP contribution in [0.5, 0.6) is 0 Å². The molecule has 2 N–H and O–H groups in total. The Morgan fingerprint density at radius 2 is 1.75 bits per heavy atom. The molecule has 0 aromatic carbocycles. The van der Waals surface area contributed by atoms with Gasteiger partial charge in [-0.3, -0.25) is 0 Å². The van der Waals surface area contributed by atoms with Crippen molar-refractivity contribution in [1.29, 1.82) is 0 Å². The fourth-order valence-electron chi connectivity index (χ4n) is 1.15. The summed E-state index contributed by atoms with van der Waals surface area (Å²) in [5.74, 6) is 2.01. The van der Waals surface area contributed by atoms with Gasteiger partial charge in [0.15, 0.2) is 0 Å². The minimum absolute atomic E-state index is 0.351. The van der Waals surface area contributed by atoms with Crippen LogP contribution in [0.1, 0.15) is 40.5 Å². The first-order valence-electron chi connectivity index (χ1n) is 4.94. The smallest absolute Gasteiger partial charge is 0.0277 e. The lowest BCUT2D eigenvalue weighted by Gasteiger charge is -2.30. The zero-order valence-corrected chi connectivity index (χ0v) is 9.71. The van der Waals surface area contributed by atoms with Crippen molar-refractivity contribution in [2.24, 2.45) is 11.7 Å². The molecule has 0 saturated carbocycles. The van der Waals surface area contributed by atoms with Crippen LogP contribution in [0.15, 0.2) is 0 Å². The first kappa shape index (κ1) is 12.3. The molecule has 0 unspecified atom stereocenters. The second kappa shape index (κ2) is 5.87. The third-order valence-electron chi connectivity index (χ3n) is 2.38. The third-order valence-corrected chi connectivity index (χ3v) is 4.57. The average molecular weight is 189 g/mol. The van der Waals surface area contributed by atoms with Crippen molar-refractivity contribution in [3.63, 3.8) is 0 Å². The van der Waals surface area contributed by atoms with E-state index in [1.54, 1.807) is 0 Å². The minimum atomic E-state index is 0.351. The Hall–Kier alpha value is 0.310. The molecule has 0 saturated heterocycles. The maximum atomic E-state index is 5.79. The summed E-state index contributed by atoms with van der Waals surface area (Å²) in [5.41, 5.74) is 5.79. The van der Waals surface area contributed by atoms with Gasteiger partial charge in [-0.15, -0.1) is 0 Å². The fourth-order valence-corrected chi connectivity index (χ4v) is 2.36. The van der Waals surface area contributed by atoms with Crippen LogP contribution >= 0.6 is 11.8 Å². The summed E-state index contributed by atoms with van der Waals surface area (Å²) in [5, 5.41) is 0. The highest BCUT2D eigenvalue weighted by Gasteiger charge is 2.24. The van der Waals surface area contributed by atoms with Gasteiger partial charge in [-0.2, -0.15) is 11.8 Å². The Balaban J connectivity index is 3.93. The molecular formula is C10H23NS. The Kier molecular flexibility index (Phi) is 6.02. The van der Waals surface area contributed by atoms with Crippen molar-refractivity contribution in [2.45, 2.75) is 45.3 Å². The van der Waals surface area contributed by atoms with E-state index < -0.39 is 0 Å². The lowest BCUT2D eigenvalue weighted by atomic mass is 10.0. The van der Waals surface area contributed by atoms with E-state index in [9.17, 15) is 0 Å². The average Bonchev–Trinajstić information content (AvgIpc) is 2.08. The molecule has 0 amide bonds. The zero-order chi connectivity index (χ0) is 9.61. The normalized spacial score (nSPS) is 12.5. The van der Waals surface area contributed by atoms with Gasteiger partial charge >= 0.3 is 0 Å². The third kappa shape index (κ3) is 3.81. The van der Waals surface area contributed by atoms with E-state index in [2.05, 4.69) is 39.5 Å². The summed E-state index contributed by atoms with van der Waals surface area (Å²) in [4.78, 5) is 0. The summed E-state index contributed by atoms with van der Waals surface area (Å²) in [6.45, 7) is 9.82. The molecule has 1 nitrogen and oxygen atoms in total. The van der Waals surface area contributed by atoms with E-state index >= 15 is 0 Å². The van der Waals surface area contributed by atoms with E-state index in [0.717, 1.165) is 12.5 Å². The van der Waals surface area contributed by atoms with E-state index in [1.165, 1.54) is 18.6 Å². The highest BCUT2D eigenvalue weighted by Crippen LogP contribution is 2.32. The van der Waals surface area contributed by atoms with Crippen molar-refractivity contribution in [3.05, 3.63) is 0 Å². The van der Waals surface area contributed by atoms with Crippen LogP contribution in [0, 0.1) is 5.92 Å². The van der Waals surface area contributed by atoms with Crippen LogP contribution < -0.4 is 5.73 Å². The topological polar surface area (TPSA) is 26.0 Å². The number of nitrogens with two attached hydrogens (primary N) is 1. The summed E-state index contributed by atoms with van der Waals surface area (Å²) < 4.78 is 0.351. The highest BCUT2D eigenvalue weighted by atomic mass is 32.2. The zero-order valence-electron chi connectivity index (χ0n) is 8.89. The van der Waals surface area contributed by atoms with Crippen LogP contribution in [-0.2, 0) is 0 Å². The summed E-state index contributed by atoms with van der Waals surface area (Å²) in [6.07, 6.45) is 2.38. The van der Waals surface area contributed by atoms with E-state index in [0.29, 0.717) is 4.75 Å². The van der Waals surface area contributed by atoms with Gasteiger partial charge in [0.05, 0.1) is 0 Å². The van der Waals surface area contributed by atoms with Gasteiger partial charge < -0.3 is 5.73 Å². The van der Waals surface area contributed by atoms with Crippen LogP contribution in [0.25, 0.3) is 0 Å². The molecule has 0 aliphatic heterocycles. The molecule has 0 atom stereocenters. The first-order chi connectivity index (χ1) is 5.60. The quantitative estimate of drug-likeness (QED) is 0.695. The SMILES string of the molecule is CCC(CC)(CN)SCC(C)C. The first-order valence-corrected chi connectivity index (χ1v) is 5.92. The summed E-state index contributed by atoms with van der Waals surface area (Å²) in [6, 6.07) is 0. The van der Waals surface area contributed by atoms with Crippen molar-refractivity contribution < 1.29 is 0 Å². The van der Waals surface area contributed by atoms with Gasteiger partial charge in [0.25, 0.3) is 0 Å². The summed E-state index contributed by atoms with van der Waals surface area (Å²) in [7, 11) is 0. The Labute approximate surface area is 81.5 Å². The molecule has 0 aromatic rings. The maximum absolute atomic E-state index is 5.79. The van der Waals surface area contributed by atoms with Crippen molar-refractivity contribution in [2.75, 3.05) is 12.3 Å². The number of hydrogen-bond donors (Lipinski definition) is 1. The van der Waals surface area contributed by atoms with E-state index in [1.807, 2.05) is 0 Å². The second-order valence-electron chi connectivity index (χ2n) is 3.80. The lowest BCUT2D eigenvalue weighted by Crippen LogP contribution is -2.33. The van der Waals surface area contributed by atoms with Crippen LogP contribution in [0.3, 0.4) is 0 Å². The van der Waals surface area contributed by atoms with Gasteiger partial charge in [-0.1, -0.05) is 27.7 Å². The van der Waals surface area contributed by atoms with Gasteiger partial charge in [0, 0.05) is 11.3 Å². The molecule has 0 radical (unpaired) electrons. The number of thioether (sulfide) groups is 1. The van der Waals surface area contributed by atoms with Crippen LogP contribution in [0.4, 0.5) is 0 Å². The second-order valence-corrected chi connectivity index (χ2v) is 5.29. The van der Waals surface area contributed by atoms with Gasteiger partial charge in [0.1, 0.15) is 0 Å². The molecule has 0 heterocycles. The van der Waals surface area contributed by atoms with Crippen LogP contribution in [0.2, 0.25) is 0 Å². The molecule has 0 fully saturated rings. The molecule has 74 valence electrons. The lowest BCUT2D eigenvalue weighted by molar-refractivity contribution is 0.555. The Morgan fingerprint density at radius 3 is 2.00 bits per heavy atom. The standard InChI is InChI=1S/C10H23NS/c1-5-10(6-2,8-11)12-7-9(3)4/h9H,5-8,11H2,1-4H3. The van der Waals surface area contributed by atoms with E-state index in [4.69, 9.17) is 5.73 Å². The molecular weight excluding hydrogens is 166 g/mol. The van der Waals surface area contributed by atoms with E-state index in [-0.39, 0.29) is 0 Å². The minimum Gasteiger partial charge on any atom is -0.329 e. The fraction of sp³-hybridized carbons (Fsp3) is 1.00. The van der Waals surface area contributed by atoms with Gasteiger partial charge in [-0.25, -0.2) is 0 Å². The van der Waals surface area contributed by atoms with Crippen molar-refractivity contribution >= 4 is 11.8 Å². The highest BCUT2D eigenvalue weighted by molar-refractivity contribution is 8.00. The largest absolute Gasteiger partial charge is 0.329 e. The molecule has 0 rings (SSSR count). The molecule has 0 aromatic heterocycles.